The highest BCUT2D eigenvalue weighted by Crippen LogP contribution is 2.23. The predicted molar refractivity (Wildman–Crippen MR) is 133 cm³/mol. The fourth-order valence-electron chi connectivity index (χ4n) is 4.11. The molecule has 0 bridgehead atoms. The molecule has 4 rings (SSSR count). The Kier molecular flexibility index (Phi) is 7.67. The van der Waals surface area contributed by atoms with E-state index >= 15 is 0 Å². The van der Waals surface area contributed by atoms with Crippen LogP contribution in [-0.2, 0) is 11.2 Å². The molecule has 0 radical (unpaired) electrons. The van der Waals surface area contributed by atoms with Crippen LogP contribution < -0.4 is 10.4 Å². The molecule has 2 heterocycles. The van der Waals surface area contributed by atoms with E-state index in [1.165, 1.54) is 18.1 Å². The molecule has 0 saturated carbocycles. The Balaban J connectivity index is 1.74. The average molecular weight is 526 g/mol. The molecule has 0 unspecified atom stereocenters. The minimum atomic E-state index is -1.09. The first-order valence-corrected chi connectivity index (χ1v) is 11.7. The highest BCUT2D eigenvalue weighted by molar-refractivity contribution is 6.06. The van der Waals surface area contributed by atoms with Crippen molar-refractivity contribution in [1.29, 1.82) is 0 Å². The van der Waals surface area contributed by atoms with Gasteiger partial charge in [-0.1, -0.05) is 23.8 Å². The van der Waals surface area contributed by atoms with Crippen molar-refractivity contribution in [2.75, 3.05) is 31.9 Å². The Morgan fingerprint density at radius 2 is 1.79 bits per heavy atom. The number of halogens is 2. The summed E-state index contributed by atoms with van der Waals surface area (Å²) in [6.45, 7) is 1.83. The van der Waals surface area contributed by atoms with Crippen molar-refractivity contribution in [2.45, 2.75) is 19.8 Å². The van der Waals surface area contributed by atoms with Crippen LogP contribution in [0.3, 0.4) is 0 Å². The molecular weight excluding hydrogens is 500 g/mol. The molecule has 0 atom stereocenters. The van der Waals surface area contributed by atoms with E-state index in [9.17, 15) is 33.1 Å². The molecular formula is C27H25F2N3O6. The molecule has 3 aromatic rings. The molecule has 198 valence electrons. The third-order valence-electron chi connectivity index (χ3n) is 6.25. The minimum Gasteiger partial charge on any atom is -0.502 e. The molecule has 0 saturated heterocycles. The quantitative estimate of drug-likeness (QED) is 0.453. The van der Waals surface area contributed by atoms with Crippen LogP contribution in [0, 0.1) is 18.6 Å². The molecule has 9 nitrogen and oxygen atoms in total. The van der Waals surface area contributed by atoms with Crippen molar-refractivity contribution >= 4 is 17.6 Å². The lowest BCUT2D eigenvalue weighted by Gasteiger charge is -2.38. The molecule has 1 aliphatic heterocycles. The van der Waals surface area contributed by atoms with Gasteiger partial charge in [0.1, 0.15) is 18.3 Å². The van der Waals surface area contributed by atoms with Gasteiger partial charge in [-0.3, -0.25) is 19.2 Å². The van der Waals surface area contributed by atoms with E-state index < -0.39 is 51.7 Å². The number of aromatic nitrogens is 1. The van der Waals surface area contributed by atoms with Gasteiger partial charge >= 0.3 is 0 Å². The number of hydrogen-bond donors (Lipinski definition) is 1. The monoisotopic (exact) mass is 525 g/mol. The van der Waals surface area contributed by atoms with Crippen molar-refractivity contribution in [3.63, 3.8) is 0 Å². The maximum atomic E-state index is 14.0. The number of ether oxygens (including phenoxy) is 1. The first-order valence-electron chi connectivity index (χ1n) is 11.7. The number of fused-ring (bicyclic) bond motifs is 1. The Morgan fingerprint density at radius 3 is 2.45 bits per heavy atom. The van der Waals surface area contributed by atoms with Gasteiger partial charge in [-0.2, -0.15) is 0 Å². The number of amides is 2. The van der Waals surface area contributed by atoms with Gasteiger partial charge in [-0.15, -0.1) is 0 Å². The lowest BCUT2D eigenvalue weighted by molar-refractivity contribution is 0.0603. The van der Waals surface area contributed by atoms with E-state index in [1.54, 1.807) is 24.3 Å². The number of aryl methyl sites for hydroxylation is 2. The smallest absolute Gasteiger partial charge is 0.278 e. The van der Waals surface area contributed by atoms with Crippen LogP contribution in [0.1, 0.15) is 48.8 Å². The fourth-order valence-corrected chi connectivity index (χ4v) is 4.11. The molecule has 2 amide bonds. The molecule has 1 N–H and O–H groups in total. The van der Waals surface area contributed by atoms with E-state index in [-0.39, 0.29) is 43.8 Å². The second kappa shape index (κ2) is 10.9. The SMILES string of the molecule is COCCN1CN(C(=O)c2ccc(C)cc2)n2cc(C(=O)CCc3ccc(F)cc3F)c(=O)c(O)c2C1=O. The Morgan fingerprint density at radius 1 is 1.08 bits per heavy atom. The van der Waals surface area contributed by atoms with Gasteiger partial charge in [-0.25, -0.2) is 18.5 Å². The average Bonchev–Trinajstić information content (AvgIpc) is 2.89. The number of ketones is 1. The number of carbonyl (C=O) groups is 3. The topological polar surface area (TPSA) is 109 Å². The zero-order valence-electron chi connectivity index (χ0n) is 20.7. The molecule has 0 spiro atoms. The van der Waals surface area contributed by atoms with Crippen molar-refractivity contribution in [3.8, 4) is 5.75 Å². The van der Waals surface area contributed by atoms with Gasteiger partial charge in [0, 0.05) is 37.9 Å². The lowest BCUT2D eigenvalue weighted by atomic mass is 10.0. The van der Waals surface area contributed by atoms with Crippen LogP contribution >= 0.6 is 0 Å². The molecule has 0 fully saturated rings. The Hall–Kier alpha value is -4.38. The Labute approximate surface area is 216 Å². The number of carbonyl (C=O) groups excluding carboxylic acids is 3. The van der Waals surface area contributed by atoms with E-state index in [0.29, 0.717) is 6.07 Å². The molecule has 2 aromatic carbocycles. The van der Waals surface area contributed by atoms with E-state index in [4.69, 9.17) is 4.74 Å². The van der Waals surface area contributed by atoms with Gasteiger partial charge in [0.25, 0.3) is 11.8 Å². The summed E-state index contributed by atoms with van der Waals surface area (Å²) in [7, 11) is 1.44. The summed E-state index contributed by atoms with van der Waals surface area (Å²) < 4.78 is 33.3. The van der Waals surface area contributed by atoms with Crippen LogP contribution in [-0.4, -0.2) is 59.2 Å². The molecule has 1 aromatic heterocycles. The molecule has 1 aliphatic rings. The van der Waals surface area contributed by atoms with E-state index in [1.807, 2.05) is 6.92 Å². The van der Waals surface area contributed by atoms with Crippen molar-refractivity contribution in [2.24, 2.45) is 0 Å². The maximum Gasteiger partial charge on any atom is 0.278 e. The molecule has 38 heavy (non-hydrogen) atoms. The van der Waals surface area contributed by atoms with Crippen LogP contribution in [0.4, 0.5) is 8.78 Å². The highest BCUT2D eigenvalue weighted by atomic mass is 19.1. The number of methoxy groups -OCH3 is 1. The zero-order valence-corrected chi connectivity index (χ0v) is 20.7. The summed E-state index contributed by atoms with van der Waals surface area (Å²) in [5.41, 5.74) is -0.773. The third kappa shape index (κ3) is 5.18. The summed E-state index contributed by atoms with van der Waals surface area (Å²) in [6.07, 6.45) is 0.567. The van der Waals surface area contributed by atoms with Crippen molar-refractivity contribution in [3.05, 3.63) is 98.5 Å². The zero-order chi connectivity index (χ0) is 27.6. The number of aromatic hydroxyl groups is 1. The summed E-state index contributed by atoms with van der Waals surface area (Å²) in [6, 6.07) is 9.60. The van der Waals surface area contributed by atoms with Gasteiger partial charge in [0.05, 0.1) is 12.2 Å². The highest BCUT2D eigenvalue weighted by Gasteiger charge is 2.37. The van der Waals surface area contributed by atoms with E-state index in [0.717, 1.165) is 27.5 Å². The standard InChI is InChI=1S/C27H25F2N3O6/c1-16-3-5-18(6-4-16)26(36)32-15-30(11-12-38-2)27(37)23-25(35)24(34)20(14-31(23)32)22(33)10-8-17-7-9-19(28)13-21(17)29/h3-7,9,13-14,35H,8,10-12,15H2,1-2H3. The Bertz CT molecular complexity index is 1470. The van der Waals surface area contributed by atoms with Crippen molar-refractivity contribution < 1.29 is 33.0 Å². The fraction of sp³-hybridized carbons (Fsp3) is 0.259. The predicted octanol–water partition coefficient (Wildman–Crippen LogP) is 2.79. The minimum absolute atomic E-state index is 0.0715. The number of nitrogens with zero attached hydrogens (tertiary/aromatic N) is 3. The first kappa shape index (κ1) is 26.7. The molecule has 0 aliphatic carbocycles. The van der Waals surface area contributed by atoms with Crippen LogP contribution in [0.25, 0.3) is 0 Å². The summed E-state index contributed by atoms with van der Waals surface area (Å²) in [4.78, 5) is 53.8. The third-order valence-corrected chi connectivity index (χ3v) is 6.25. The summed E-state index contributed by atoms with van der Waals surface area (Å²) in [5, 5.41) is 11.9. The number of rotatable bonds is 8. The number of benzene rings is 2. The van der Waals surface area contributed by atoms with Gasteiger partial charge in [-0.05, 0) is 37.1 Å². The summed E-state index contributed by atoms with van der Waals surface area (Å²) >= 11 is 0. The molecule has 11 heteroatoms. The van der Waals surface area contributed by atoms with Crippen molar-refractivity contribution in [1.82, 2.24) is 9.58 Å². The van der Waals surface area contributed by atoms with Gasteiger partial charge < -0.3 is 14.7 Å². The number of pyridine rings is 1. The number of hydrogen-bond acceptors (Lipinski definition) is 6. The van der Waals surface area contributed by atoms with Gasteiger partial charge in [0.2, 0.25) is 5.43 Å². The largest absolute Gasteiger partial charge is 0.502 e. The van der Waals surface area contributed by atoms with E-state index in [2.05, 4.69) is 0 Å². The second-order valence-corrected chi connectivity index (χ2v) is 8.85. The van der Waals surface area contributed by atoms with Gasteiger partial charge in [0.15, 0.2) is 17.2 Å². The lowest BCUT2D eigenvalue weighted by Crippen LogP contribution is -2.57. The summed E-state index contributed by atoms with van der Waals surface area (Å²) in [5.74, 6) is -4.61. The van der Waals surface area contributed by atoms with Crippen LogP contribution in [0.15, 0.2) is 53.5 Å². The van der Waals surface area contributed by atoms with Crippen LogP contribution in [0.2, 0.25) is 0 Å². The number of Topliss-reactive ketones (excluding diaryl/α,β-unsaturated/α-hetero) is 1. The maximum absolute atomic E-state index is 14.0. The van der Waals surface area contributed by atoms with Crippen LogP contribution in [0.5, 0.6) is 5.75 Å². The second-order valence-electron chi connectivity index (χ2n) is 8.85. The first-order chi connectivity index (χ1) is 18.1. The normalized spacial score (nSPS) is 13.0.